The summed E-state index contributed by atoms with van der Waals surface area (Å²) in [6.45, 7) is 7.32. The van der Waals surface area contributed by atoms with Crippen LogP contribution < -0.4 is 10.1 Å². The lowest BCUT2D eigenvalue weighted by Crippen LogP contribution is -2.41. The van der Waals surface area contributed by atoms with Crippen molar-refractivity contribution in [3.8, 4) is 5.75 Å². The number of rotatable bonds is 11. The minimum atomic E-state index is -0.444. The van der Waals surface area contributed by atoms with E-state index in [4.69, 9.17) is 21.1 Å². The molecule has 0 radical (unpaired) electrons. The van der Waals surface area contributed by atoms with Crippen molar-refractivity contribution in [3.63, 3.8) is 0 Å². The Bertz CT molecular complexity index is 1240. The van der Waals surface area contributed by atoms with Gasteiger partial charge in [0.15, 0.2) is 0 Å². The molecule has 2 aliphatic rings. The van der Waals surface area contributed by atoms with E-state index < -0.39 is 6.09 Å². The first-order chi connectivity index (χ1) is 19.4. The fourth-order valence-corrected chi connectivity index (χ4v) is 5.67. The van der Waals surface area contributed by atoms with Gasteiger partial charge in [0.2, 0.25) is 0 Å². The number of ether oxygens (including phenoxy) is 2. The number of allylic oxidation sites excluding steroid dienone is 4. The highest BCUT2D eigenvalue weighted by atomic mass is 35.5. The zero-order chi connectivity index (χ0) is 28.5. The molecular weight excluding hydrogens is 527 g/mol. The number of alkyl halides is 1. The second kappa shape index (κ2) is 14.6. The van der Waals surface area contributed by atoms with Crippen molar-refractivity contribution in [2.75, 3.05) is 33.4 Å². The molecule has 2 atom stereocenters. The number of hydrogen-bond acceptors (Lipinski definition) is 4. The van der Waals surface area contributed by atoms with Gasteiger partial charge in [0, 0.05) is 20.2 Å². The molecule has 214 valence electrons. The smallest absolute Gasteiger partial charge is 0.410 e. The van der Waals surface area contributed by atoms with Gasteiger partial charge in [0.05, 0.1) is 18.0 Å². The lowest BCUT2D eigenvalue weighted by Gasteiger charge is -2.38. The molecule has 0 saturated carbocycles. The molecule has 0 spiro atoms. The van der Waals surface area contributed by atoms with Gasteiger partial charge in [-0.1, -0.05) is 36.4 Å². The molecule has 1 aliphatic carbocycles. The third kappa shape index (κ3) is 7.84. The number of nitrogens with one attached hydrogen (secondary N) is 1. The molecule has 1 heterocycles. The Hall–Kier alpha value is -2.93. The van der Waals surface area contributed by atoms with Gasteiger partial charge in [-0.25, -0.2) is 9.18 Å². The van der Waals surface area contributed by atoms with Crippen LogP contribution in [0, 0.1) is 5.82 Å². The van der Waals surface area contributed by atoms with E-state index in [0.717, 1.165) is 56.5 Å². The number of hydrogen-bond donors (Lipinski definition) is 1. The van der Waals surface area contributed by atoms with E-state index in [1.165, 1.54) is 46.5 Å². The summed E-state index contributed by atoms with van der Waals surface area (Å²) in [5.41, 5.74) is 7.06. The summed E-state index contributed by atoms with van der Waals surface area (Å²) in [4.78, 5) is 15.2. The van der Waals surface area contributed by atoms with Crippen LogP contribution in [0.2, 0.25) is 0 Å². The largest absolute Gasteiger partial charge is 0.416 e. The first-order valence-corrected chi connectivity index (χ1v) is 14.6. The molecule has 0 saturated heterocycles. The molecule has 1 aliphatic heterocycles. The maximum absolute atomic E-state index is 13.4. The van der Waals surface area contributed by atoms with Gasteiger partial charge in [0.25, 0.3) is 0 Å². The lowest BCUT2D eigenvalue weighted by atomic mass is 9.82. The van der Waals surface area contributed by atoms with Gasteiger partial charge < -0.3 is 14.8 Å². The van der Waals surface area contributed by atoms with Crippen molar-refractivity contribution in [3.05, 3.63) is 99.9 Å². The monoisotopic (exact) mass is 566 g/mol. The molecular formula is C33H40ClFN2O3. The topological polar surface area (TPSA) is 50.8 Å². The second-order valence-electron chi connectivity index (χ2n) is 10.5. The number of unbranched alkanes of at least 4 members (excludes halogenated alkanes) is 1. The third-order valence-corrected chi connectivity index (χ3v) is 7.95. The fourth-order valence-electron chi connectivity index (χ4n) is 5.46. The zero-order valence-electron chi connectivity index (χ0n) is 23.7. The zero-order valence-corrected chi connectivity index (χ0v) is 24.5. The van der Waals surface area contributed by atoms with Gasteiger partial charge in [-0.15, -0.1) is 11.6 Å². The van der Waals surface area contributed by atoms with Crippen LogP contribution in [-0.4, -0.2) is 49.7 Å². The Morgan fingerprint density at radius 3 is 2.55 bits per heavy atom. The quantitative estimate of drug-likeness (QED) is 0.226. The highest BCUT2D eigenvalue weighted by Crippen LogP contribution is 2.41. The maximum atomic E-state index is 13.4. The fraction of sp³-hybridized carbons (Fsp3) is 0.424. The molecule has 7 heteroatoms. The van der Waals surface area contributed by atoms with Crippen molar-refractivity contribution in [2.24, 2.45) is 0 Å². The predicted octanol–water partition coefficient (Wildman–Crippen LogP) is 7.53. The SMILES string of the molecule is COCCNCCCCc1ccc(C2C(C)=C(C3=CC(Cl)CC=C3C)CCN2C(=O)Oc2ccc(F)cc2)cc1. The van der Waals surface area contributed by atoms with Crippen molar-refractivity contribution < 1.29 is 18.7 Å². The normalized spacial score (nSPS) is 19.4. The van der Waals surface area contributed by atoms with Gasteiger partial charge in [-0.3, -0.25) is 4.90 Å². The van der Waals surface area contributed by atoms with Gasteiger partial charge in [-0.05, 0) is 110 Å². The minimum Gasteiger partial charge on any atom is -0.410 e. The van der Waals surface area contributed by atoms with Crippen LogP contribution in [0.15, 0.2) is 83.0 Å². The van der Waals surface area contributed by atoms with Gasteiger partial charge in [0.1, 0.15) is 11.6 Å². The number of nitrogens with zero attached hydrogens (tertiary/aromatic N) is 1. The number of benzene rings is 2. The molecule has 5 nitrogen and oxygen atoms in total. The minimum absolute atomic E-state index is 0.0339. The Morgan fingerprint density at radius 1 is 1.07 bits per heavy atom. The molecule has 0 aromatic heterocycles. The van der Waals surface area contributed by atoms with E-state index >= 15 is 0 Å². The molecule has 1 amide bonds. The average Bonchev–Trinajstić information content (AvgIpc) is 2.95. The van der Waals surface area contributed by atoms with Crippen LogP contribution in [0.1, 0.15) is 56.7 Å². The molecule has 0 bridgehead atoms. The van der Waals surface area contributed by atoms with Crippen molar-refractivity contribution in [1.29, 1.82) is 0 Å². The lowest BCUT2D eigenvalue weighted by molar-refractivity contribution is 0.135. The van der Waals surface area contributed by atoms with Gasteiger partial charge in [-0.2, -0.15) is 0 Å². The van der Waals surface area contributed by atoms with E-state index in [2.05, 4.69) is 55.6 Å². The van der Waals surface area contributed by atoms with E-state index in [0.29, 0.717) is 18.7 Å². The van der Waals surface area contributed by atoms with E-state index in [-0.39, 0.29) is 17.2 Å². The summed E-state index contributed by atoms with van der Waals surface area (Å²) in [6.07, 6.45) is 8.63. The standard InChI is InChI=1S/C33H40ClFN2O3/c1-23-7-12-27(34)22-31(23)30-17-20-37(33(38)40-29-15-13-28(35)14-16-29)32(24(30)2)26-10-8-25(9-11-26)6-4-5-18-36-19-21-39-3/h7-11,13-16,22,27,32,36H,4-6,12,17-21H2,1-3H3. The molecule has 4 rings (SSSR count). The van der Waals surface area contributed by atoms with Crippen molar-refractivity contribution >= 4 is 17.7 Å². The summed E-state index contributed by atoms with van der Waals surface area (Å²) < 4.78 is 24.2. The van der Waals surface area contributed by atoms with Crippen LogP contribution in [0.3, 0.4) is 0 Å². The summed E-state index contributed by atoms with van der Waals surface area (Å²) in [5, 5.41) is 3.35. The van der Waals surface area contributed by atoms with E-state index in [1.807, 2.05) is 0 Å². The first kappa shape index (κ1) is 30.0. The summed E-state index contributed by atoms with van der Waals surface area (Å²) in [5.74, 6) is -0.0494. The Kier molecular flexibility index (Phi) is 11.0. The summed E-state index contributed by atoms with van der Waals surface area (Å²) in [6, 6.07) is 13.8. The van der Waals surface area contributed by atoms with Crippen LogP contribution in [0.25, 0.3) is 0 Å². The average molecular weight is 567 g/mol. The highest BCUT2D eigenvalue weighted by Gasteiger charge is 2.34. The van der Waals surface area contributed by atoms with Crippen molar-refractivity contribution in [2.45, 2.75) is 57.4 Å². The molecule has 2 unspecified atom stereocenters. The molecule has 2 aromatic rings. The first-order valence-electron chi connectivity index (χ1n) is 14.1. The van der Waals surface area contributed by atoms with Crippen LogP contribution in [0.4, 0.5) is 9.18 Å². The third-order valence-electron chi connectivity index (χ3n) is 7.65. The number of methoxy groups -OCH3 is 1. The highest BCUT2D eigenvalue weighted by molar-refractivity contribution is 6.22. The Labute approximate surface area is 242 Å². The number of carbonyl (C=O) groups is 1. The van der Waals surface area contributed by atoms with Crippen LogP contribution in [-0.2, 0) is 11.2 Å². The van der Waals surface area contributed by atoms with Gasteiger partial charge >= 0.3 is 6.09 Å². The van der Waals surface area contributed by atoms with E-state index in [1.54, 1.807) is 12.0 Å². The maximum Gasteiger partial charge on any atom is 0.416 e. The Balaban J connectivity index is 1.54. The Morgan fingerprint density at radius 2 is 1.82 bits per heavy atom. The van der Waals surface area contributed by atoms with Crippen molar-refractivity contribution in [1.82, 2.24) is 10.2 Å². The number of carbonyl (C=O) groups excluding carboxylic acids is 1. The molecule has 1 N–H and O–H groups in total. The summed E-state index contributed by atoms with van der Waals surface area (Å²) in [7, 11) is 1.71. The number of amides is 1. The second-order valence-corrected chi connectivity index (χ2v) is 11.1. The van der Waals surface area contributed by atoms with E-state index in [9.17, 15) is 9.18 Å². The predicted molar refractivity (Wildman–Crippen MR) is 159 cm³/mol. The molecule has 2 aromatic carbocycles. The van der Waals surface area contributed by atoms with Crippen LogP contribution >= 0.6 is 11.6 Å². The number of aryl methyl sites for hydroxylation is 1. The van der Waals surface area contributed by atoms with Crippen LogP contribution in [0.5, 0.6) is 5.75 Å². The summed E-state index contributed by atoms with van der Waals surface area (Å²) >= 11 is 6.51. The molecule has 40 heavy (non-hydrogen) atoms. The number of halogens is 2. The molecule has 0 fully saturated rings.